The molecule has 1 aliphatic rings. The number of aromatic nitrogens is 2. The van der Waals surface area contributed by atoms with E-state index in [1.54, 1.807) is 0 Å². The molecule has 1 amide bonds. The molecule has 1 saturated heterocycles. The molecule has 7 heteroatoms. The zero-order chi connectivity index (χ0) is 11.4. The molecule has 1 aromatic rings. The van der Waals surface area contributed by atoms with Gasteiger partial charge in [-0.1, -0.05) is 0 Å². The highest BCUT2D eigenvalue weighted by Crippen LogP contribution is 2.05. The molecule has 1 fully saturated rings. The highest BCUT2D eigenvalue weighted by atomic mass is 16.5. The number of hydrogen-bond acceptors (Lipinski definition) is 6. The molecule has 0 spiro atoms. The van der Waals surface area contributed by atoms with Gasteiger partial charge in [0.05, 0.1) is 25.0 Å². The summed E-state index contributed by atoms with van der Waals surface area (Å²) in [6.07, 6.45) is 3.66. The molecule has 0 bridgehead atoms. The first-order valence-electron chi connectivity index (χ1n) is 4.97. The van der Waals surface area contributed by atoms with E-state index in [0.29, 0.717) is 19.0 Å². The fraction of sp³-hybridized carbons (Fsp3) is 0.444. The summed E-state index contributed by atoms with van der Waals surface area (Å²) in [7, 11) is 0. The predicted molar refractivity (Wildman–Crippen MR) is 56.5 cm³/mol. The molecule has 2 rings (SSSR count). The molecule has 1 aliphatic heterocycles. The summed E-state index contributed by atoms with van der Waals surface area (Å²) < 4.78 is 5.16. The van der Waals surface area contributed by atoms with Crippen molar-refractivity contribution in [3.63, 3.8) is 0 Å². The van der Waals surface area contributed by atoms with Gasteiger partial charge in [-0.05, 0) is 6.42 Å². The Bertz CT molecular complexity index is 378. The Morgan fingerprint density at radius 1 is 1.56 bits per heavy atom. The SMILES string of the molecule is NNc1cncc(C(=O)NC2CCOC2)n1. The summed E-state index contributed by atoms with van der Waals surface area (Å²) in [5.41, 5.74) is 2.58. The van der Waals surface area contributed by atoms with Crippen LogP contribution in [0.1, 0.15) is 16.9 Å². The van der Waals surface area contributed by atoms with Crippen LogP contribution in [0.5, 0.6) is 0 Å². The third-order valence-electron chi connectivity index (χ3n) is 2.28. The molecule has 7 nitrogen and oxygen atoms in total. The van der Waals surface area contributed by atoms with Crippen LogP contribution in [-0.2, 0) is 4.74 Å². The molecule has 1 atom stereocenters. The van der Waals surface area contributed by atoms with Crippen molar-refractivity contribution in [2.45, 2.75) is 12.5 Å². The number of carbonyl (C=O) groups excluding carboxylic acids is 1. The van der Waals surface area contributed by atoms with Gasteiger partial charge in [-0.3, -0.25) is 9.78 Å². The van der Waals surface area contributed by atoms with Crippen LogP contribution in [-0.4, -0.2) is 35.1 Å². The first-order chi connectivity index (χ1) is 7.79. The number of nitrogens with two attached hydrogens (primary N) is 1. The van der Waals surface area contributed by atoms with E-state index < -0.39 is 0 Å². The van der Waals surface area contributed by atoms with Crippen LogP contribution in [0.4, 0.5) is 5.82 Å². The van der Waals surface area contributed by atoms with Crippen molar-refractivity contribution in [1.82, 2.24) is 15.3 Å². The van der Waals surface area contributed by atoms with Gasteiger partial charge in [0, 0.05) is 6.61 Å². The van der Waals surface area contributed by atoms with Gasteiger partial charge in [0.2, 0.25) is 0 Å². The number of hydrazine groups is 1. The van der Waals surface area contributed by atoms with Crippen molar-refractivity contribution in [2.24, 2.45) is 5.84 Å². The largest absolute Gasteiger partial charge is 0.379 e. The van der Waals surface area contributed by atoms with Crippen LogP contribution < -0.4 is 16.6 Å². The number of amides is 1. The number of nitrogens with one attached hydrogen (secondary N) is 2. The maximum atomic E-state index is 11.7. The molecule has 0 aliphatic carbocycles. The molecule has 2 heterocycles. The van der Waals surface area contributed by atoms with Crippen molar-refractivity contribution >= 4 is 11.7 Å². The van der Waals surface area contributed by atoms with Crippen molar-refractivity contribution in [3.05, 3.63) is 18.1 Å². The fourth-order valence-electron chi connectivity index (χ4n) is 1.45. The molecular weight excluding hydrogens is 210 g/mol. The topological polar surface area (TPSA) is 102 Å². The molecule has 4 N–H and O–H groups in total. The standard InChI is InChI=1S/C9H13N5O2/c10-14-8-4-11-3-7(13-8)9(15)12-6-1-2-16-5-6/h3-4,6H,1-2,5,10H2,(H,12,15)(H,13,14). The second-order valence-electron chi connectivity index (χ2n) is 3.47. The molecule has 0 radical (unpaired) electrons. The molecule has 16 heavy (non-hydrogen) atoms. The lowest BCUT2D eigenvalue weighted by molar-refractivity contribution is 0.0924. The minimum Gasteiger partial charge on any atom is -0.379 e. The van der Waals surface area contributed by atoms with Crippen LogP contribution >= 0.6 is 0 Å². The predicted octanol–water partition coefficient (Wildman–Crippen LogP) is -0.719. The average molecular weight is 223 g/mol. The zero-order valence-corrected chi connectivity index (χ0v) is 8.64. The Hall–Kier alpha value is -1.73. The summed E-state index contributed by atoms with van der Waals surface area (Å²) in [4.78, 5) is 19.6. The molecular formula is C9H13N5O2. The van der Waals surface area contributed by atoms with Gasteiger partial charge < -0.3 is 15.5 Å². The number of nitrogens with zero attached hydrogens (tertiary/aromatic N) is 2. The van der Waals surface area contributed by atoms with Gasteiger partial charge in [-0.2, -0.15) is 0 Å². The molecule has 1 unspecified atom stereocenters. The minimum absolute atomic E-state index is 0.0591. The van der Waals surface area contributed by atoms with Crippen molar-refractivity contribution in [3.8, 4) is 0 Å². The Morgan fingerprint density at radius 3 is 3.12 bits per heavy atom. The van der Waals surface area contributed by atoms with E-state index in [2.05, 4.69) is 20.7 Å². The van der Waals surface area contributed by atoms with Gasteiger partial charge in [-0.15, -0.1) is 0 Å². The molecule has 0 aromatic carbocycles. The number of rotatable bonds is 3. The quantitative estimate of drug-likeness (QED) is 0.461. The van der Waals surface area contributed by atoms with Gasteiger partial charge >= 0.3 is 0 Å². The molecule has 1 aromatic heterocycles. The van der Waals surface area contributed by atoms with Crippen molar-refractivity contribution < 1.29 is 9.53 Å². The van der Waals surface area contributed by atoms with Crippen LogP contribution in [0, 0.1) is 0 Å². The first-order valence-corrected chi connectivity index (χ1v) is 4.97. The highest BCUT2D eigenvalue weighted by Gasteiger charge is 2.19. The van der Waals surface area contributed by atoms with E-state index in [9.17, 15) is 4.79 Å². The fourth-order valence-corrected chi connectivity index (χ4v) is 1.45. The van der Waals surface area contributed by atoms with Gasteiger partial charge in [0.25, 0.3) is 5.91 Å². The lowest BCUT2D eigenvalue weighted by Gasteiger charge is -2.10. The Balaban J connectivity index is 2.01. The van der Waals surface area contributed by atoms with Crippen LogP contribution in [0.3, 0.4) is 0 Å². The second kappa shape index (κ2) is 4.86. The number of ether oxygens (including phenoxy) is 1. The number of hydrogen-bond donors (Lipinski definition) is 3. The van der Waals surface area contributed by atoms with Crippen molar-refractivity contribution in [2.75, 3.05) is 18.6 Å². The lowest BCUT2D eigenvalue weighted by atomic mass is 10.2. The van der Waals surface area contributed by atoms with Gasteiger partial charge in [0.15, 0.2) is 5.82 Å². The molecule has 0 saturated carbocycles. The summed E-state index contributed by atoms with van der Waals surface area (Å²) in [5, 5.41) is 2.81. The smallest absolute Gasteiger partial charge is 0.271 e. The van der Waals surface area contributed by atoms with E-state index in [4.69, 9.17) is 10.6 Å². The first kappa shape index (κ1) is 10.8. The maximum absolute atomic E-state index is 11.7. The van der Waals surface area contributed by atoms with Gasteiger partial charge in [0.1, 0.15) is 5.69 Å². The van der Waals surface area contributed by atoms with E-state index in [0.717, 1.165) is 6.42 Å². The number of carbonyl (C=O) groups is 1. The number of nitrogen functional groups attached to an aromatic ring is 1. The van der Waals surface area contributed by atoms with E-state index >= 15 is 0 Å². The monoisotopic (exact) mass is 223 g/mol. The summed E-state index contributed by atoms with van der Waals surface area (Å²) in [6.45, 7) is 1.23. The van der Waals surface area contributed by atoms with Crippen LogP contribution in [0.15, 0.2) is 12.4 Å². The average Bonchev–Trinajstić information content (AvgIpc) is 2.82. The normalized spacial score (nSPS) is 19.4. The third-order valence-corrected chi connectivity index (χ3v) is 2.28. The lowest BCUT2D eigenvalue weighted by Crippen LogP contribution is -2.35. The summed E-state index contributed by atoms with van der Waals surface area (Å²) in [6, 6.07) is 0.0591. The van der Waals surface area contributed by atoms with Crippen LogP contribution in [0.2, 0.25) is 0 Å². The van der Waals surface area contributed by atoms with E-state index in [1.165, 1.54) is 12.4 Å². The van der Waals surface area contributed by atoms with Gasteiger partial charge in [-0.25, -0.2) is 10.8 Å². The summed E-state index contributed by atoms with van der Waals surface area (Å²) in [5.74, 6) is 5.27. The highest BCUT2D eigenvalue weighted by molar-refractivity contribution is 5.92. The summed E-state index contributed by atoms with van der Waals surface area (Å²) >= 11 is 0. The maximum Gasteiger partial charge on any atom is 0.271 e. The Kier molecular flexibility index (Phi) is 3.28. The third kappa shape index (κ3) is 2.44. The Morgan fingerprint density at radius 2 is 2.44 bits per heavy atom. The molecule has 86 valence electrons. The number of anilines is 1. The van der Waals surface area contributed by atoms with Crippen molar-refractivity contribution in [1.29, 1.82) is 0 Å². The van der Waals surface area contributed by atoms with E-state index in [-0.39, 0.29) is 17.6 Å². The minimum atomic E-state index is -0.264. The van der Waals surface area contributed by atoms with E-state index in [1.807, 2.05) is 0 Å². The zero-order valence-electron chi connectivity index (χ0n) is 8.64. The second-order valence-corrected chi connectivity index (χ2v) is 3.47. The Labute approximate surface area is 92.4 Å². The van der Waals surface area contributed by atoms with Crippen LogP contribution in [0.25, 0.3) is 0 Å².